The summed E-state index contributed by atoms with van der Waals surface area (Å²) in [5.41, 5.74) is 2.47. The molecule has 2 aromatic carbocycles. The number of methoxy groups -OCH3 is 4. The molecule has 198 valence electrons. The van der Waals surface area contributed by atoms with Gasteiger partial charge < -0.3 is 29.2 Å². The first-order valence-electron chi connectivity index (χ1n) is 12.7. The Hall–Kier alpha value is -3.19. The summed E-state index contributed by atoms with van der Waals surface area (Å²) < 4.78 is 21.8. The molecule has 2 aromatic rings. The molecule has 2 rings (SSSR count). The summed E-state index contributed by atoms with van der Waals surface area (Å²) in [4.78, 5) is 15.2. The van der Waals surface area contributed by atoms with Crippen LogP contribution in [0.15, 0.2) is 30.3 Å². The predicted molar refractivity (Wildman–Crippen MR) is 148 cm³/mol. The van der Waals surface area contributed by atoms with E-state index in [9.17, 15) is 4.79 Å². The molecule has 0 aliphatic heterocycles. The Morgan fingerprint density at radius 1 is 0.778 bits per heavy atom. The van der Waals surface area contributed by atoms with E-state index in [1.54, 1.807) is 28.4 Å². The summed E-state index contributed by atoms with van der Waals surface area (Å²) in [6, 6.07) is 9.48. The molecule has 0 saturated heterocycles. The van der Waals surface area contributed by atoms with Gasteiger partial charge in [-0.3, -0.25) is 4.79 Å². The molecule has 0 radical (unpaired) electrons. The minimum Gasteiger partial charge on any atom is -0.495 e. The Morgan fingerprint density at radius 3 is 1.89 bits per heavy atom. The summed E-state index contributed by atoms with van der Waals surface area (Å²) in [5, 5.41) is 3.04. The second-order valence-electron chi connectivity index (χ2n) is 8.60. The SMILES string of the molecule is CCCCN(CCCC)CCC(=O)Nc1cc(/C=C\c2cc(OC)c(OC)c(OC)c2)ccc1OC. The Morgan fingerprint density at radius 2 is 1.36 bits per heavy atom. The lowest BCUT2D eigenvalue weighted by Gasteiger charge is -2.21. The third-order valence-electron chi connectivity index (χ3n) is 5.96. The van der Waals surface area contributed by atoms with Gasteiger partial charge in [0.1, 0.15) is 5.75 Å². The monoisotopic (exact) mass is 498 g/mol. The zero-order chi connectivity index (χ0) is 26.3. The molecule has 1 amide bonds. The van der Waals surface area contributed by atoms with Crippen molar-refractivity contribution in [2.45, 2.75) is 46.0 Å². The van der Waals surface area contributed by atoms with Gasteiger partial charge in [0.15, 0.2) is 11.5 Å². The van der Waals surface area contributed by atoms with Gasteiger partial charge in [-0.25, -0.2) is 0 Å². The van der Waals surface area contributed by atoms with Crippen molar-refractivity contribution in [3.05, 3.63) is 41.5 Å². The number of anilines is 1. The molecule has 0 fully saturated rings. The number of amides is 1. The lowest BCUT2D eigenvalue weighted by molar-refractivity contribution is -0.116. The second kappa shape index (κ2) is 15.7. The van der Waals surface area contributed by atoms with E-state index in [0.29, 0.717) is 35.1 Å². The number of hydrogen-bond donors (Lipinski definition) is 1. The van der Waals surface area contributed by atoms with Crippen LogP contribution < -0.4 is 24.3 Å². The van der Waals surface area contributed by atoms with Gasteiger partial charge >= 0.3 is 0 Å². The number of unbranched alkanes of at least 4 members (excludes halogenated alkanes) is 2. The number of nitrogens with zero attached hydrogens (tertiary/aromatic N) is 1. The molecule has 0 bridgehead atoms. The molecule has 0 aliphatic carbocycles. The van der Waals surface area contributed by atoms with Crippen molar-refractivity contribution in [1.29, 1.82) is 0 Å². The summed E-state index contributed by atoms with van der Waals surface area (Å²) in [5.74, 6) is 2.34. The van der Waals surface area contributed by atoms with Crippen molar-refractivity contribution < 1.29 is 23.7 Å². The molecule has 0 spiro atoms. The lowest BCUT2D eigenvalue weighted by Crippen LogP contribution is -2.30. The Kier molecular flexibility index (Phi) is 12.7. The van der Waals surface area contributed by atoms with Gasteiger partial charge in [-0.1, -0.05) is 44.9 Å². The van der Waals surface area contributed by atoms with E-state index in [2.05, 4.69) is 24.1 Å². The number of carbonyl (C=O) groups excluding carboxylic acids is 1. The molecule has 1 N–H and O–H groups in total. The fourth-order valence-electron chi connectivity index (χ4n) is 3.89. The number of hydrogen-bond acceptors (Lipinski definition) is 6. The van der Waals surface area contributed by atoms with Gasteiger partial charge in [0.25, 0.3) is 0 Å². The van der Waals surface area contributed by atoms with Crippen molar-refractivity contribution in [1.82, 2.24) is 4.90 Å². The van der Waals surface area contributed by atoms with E-state index >= 15 is 0 Å². The average Bonchev–Trinajstić information content (AvgIpc) is 2.90. The topological polar surface area (TPSA) is 69.3 Å². The Bertz CT molecular complexity index is 957. The standard InChI is InChI=1S/C29H42N2O5/c1-7-9-16-31(17-10-8-2)18-15-28(32)30-24-19-22(13-14-25(24)33-3)11-12-23-20-26(34-4)29(36-6)27(21-23)35-5/h11-14,19-21H,7-10,15-18H2,1-6H3,(H,30,32)/b12-11-. The largest absolute Gasteiger partial charge is 0.495 e. The van der Waals surface area contributed by atoms with Crippen LogP contribution in [0.1, 0.15) is 57.1 Å². The fourth-order valence-corrected chi connectivity index (χ4v) is 3.89. The Balaban J connectivity index is 2.13. The van der Waals surface area contributed by atoms with Crippen molar-refractivity contribution in [2.24, 2.45) is 0 Å². The highest BCUT2D eigenvalue weighted by atomic mass is 16.5. The predicted octanol–water partition coefficient (Wildman–Crippen LogP) is 6.12. The first-order valence-corrected chi connectivity index (χ1v) is 12.7. The third kappa shape index (κ3) is 8.79. The molecule has 36 heavy (non-hydrogen) atoms. The van der Waals surface area contributed by atoms with Crippen molar-refractivity contribution in [3.8, 4) is 23.0 Å². The summed E-state index contributed by atoms with van der Waals surface area (Å²) in [6.07, 6.45) is 8.98. The number of ether oxygens (including phenoxy) is 4. The molecule has 0 aromatic heterocycles. The van der Waals surface area contributed by atoms with Crippen molar-refractivity contribution in [3.63, 3.8) is 0 Å². The maximum absolute atomic E-state index is 12.8. The molecule has 7 heteroatoms. The minimum atomic E-state index is -0.0166. The number of rotatable bonds is 16. The van der Waals surface area contributed by atoms with Crippen LogP contribution in [0.25, 0.3) is 12.2 Å². The van der Waals surface area contributed by atoms with E-state index < -0.39 is 0 Å². The van der Waals surface area contributed by atoms with Gasteiger partial charge in [-0.05, 0) is 61.3 Å². The van der Waals surface area contributed by atoms with Crippen LogP contribution in [0, 0.1) is 0 Å². The van der Waals surface area contributed by atoms with E-state index in [1.807, 2.05) is 42.5 Å². The van der Waals surface area contributed by atoms with Crippen molar-refractivity contribution in [2.75, 3.05) is 53.4 Å². The smallest absolute Gasteiger partial charge is 0.225 e. The highest BCUT2D eigenvalue weighted by molar-refractivity contribution is 5.93. The maximum Gasteiger partial charge on any atom is 0.225 e. The highest BCUT2D eigenvalue weighted by Gasteiger charge is 2.13. The van der Waals surface area contributed by atoms with Crippen LogP contribution >= 0.6 is 0 Å². The van der Waals surface area contributed by atoms with Gasteiger partial charge in [0.05, 0.1) is 34.1 Å². The maximum atomic E-state index is 12.8. The zero-order valence-corrected chi connectivity index (χ0v) is 22.7. The number of nitrogens with one attached hydrogen (secondary N) is 1. The summed E-state index contributed by atoms with van der Waals surface area (Å²) in [6.45, 7) is 7.22. The summed E-state index contributed by atoms with van der Waals surface area (Å²) >= 11 is 0. The molecule has 0 atom stereocenters. The minimum absolute atomic E-state index is 0.0166. The molecule has 0 heterocycles. The number of carbonyl (C=O) groups is 1. The van der Waals surface area contributed by atoms with Crippen LogP contribution in [0.4, 0.5) is 5.69 Å². The quantitative estimate of drug-likeness (QED) is 0.281. The van der Waals surface area contributed by atoms with Crippen LogP contribution in [0.2, 0.25) is 0 Å². The van der Waals surface area contributed by atoms with Gasteiger partial charge in [0, 0.05) is 13.0 Å². The Labute approximate surface area is 216 Å². The summed E-state index contributed by atoms with van der Waals surface area (Å²) in [7, 11) is 6.37. The number of benzene rings is 2. The molecule has 0 aliphatic rings. The first kappa shape index (κ1) is 29.0. The van der Waals surface area contributed by atoms with E-state index in [4.69, 9.17) is 18.9 Å². The van der Waals surface area contributed by atoms with Gasteiger partial charge in [-0.15, -0.1) is 0 Å². The van der Waals surface area contributed by atoms with Crippen LogP contribution in [0.5, 0.6) is 23.0 Å². The molecular formula is C29H42N2O5. The molecule has 0 saturated carbocycles. The van der Waals surface area contributed by atoms with Crippen molar-refractivity contribution >= 4 is 23.7 Å². The van der Waals surface area contributed by atoms with E-state index in [0.717, 1.165) is 56.4 Å². The normalized spacial score (nSPS) is 11.1. The molecule has 7 nitrogen and oxygen atoms in total. The zero-order valence-electron chi connectivity index (χ0n) is 22.7. The van der Waals surface area contributed by atoms with Crippen LogP contribution in [-0.4, -0.2) is 58.9 Å². The average molecular weight is 499 g/mol. The lowest BCUT2D eigenvalue weighted by atomic mass is 10.1. The van der Waals surface area contributed by atoms with E-state index in [1.165, 1.54) is 0 Å². The molecule has 0 unspecified atom stereocenters. The van der Waals surface area contributed by atoms with Gasteiger partial charge in [0.2, 0.25) is 11.7 Å². The first-order chi connectivity index (χ1) is 17.5. The van der Waals surface area contributed by atoms with E-state index in [-0.39, 0.29) is 5.91 Å². The van der Waals surface area contributed by atoms with Crippen LogP contribution in [0.3, 0.4) is 0 Å². The molecular weight excluding hydrogens is 456 g/mol. The van der Waals surface area contributed by atoms with Crippen LogP contribution in [-0.2, 0) is 4.79 Å². The fraction of sp³-hybridized carbons (Fsp3) is 0.483. The van der Waals surface area contributed by atoms with Gasteiger partial charge in [-0.2, -0.15) is 0 Å². The third-order valence-corrected chi connectivity index (χ3v) is 5.96. The highest BCUT2D eigenvalue weighted by Crippen LogP contribution is 2.38. The second-order valence-corrected chi connectivity index (χ2v) is 8.60.